The van der Waals surface area contributed by atoms with Gasteiger partial charge >= 0.3 is 0 Å². The van der Waals surface area contributed by atoms with E-state index in [9.17, 15) is 4.79 Å². The van der Waals surface area contributed by atoms with Crippen molar-refractivity contribution in [3.8, 4) is 29.0 Å². The zero-order valence-corrected chi connectivity index (χ0v) is 17.2. The number of ketones is 1. The topological polar surface area (TPSA) is 90.0 Å². The molecule has 29 heavy (non-hydrogen) atoms. The zero-order valence-electron chi connectivity index (χ0n) is 16.4. The van der Waals surface area contributed by atoms with Crippen molar-refractivity contribution in [3.63, 3.8) is 0 Å². The highest BCUT2D eigenvalue weighted by Gasteiger charge is 2.17. The molecule has 7 nitrogen and oxygen atoms in total. The number of ether oxygens (including phenoxy) is 2. The molecular weight excluding hydrogens is 388 g/mol. The van der Waals surface area contributed by atoms with Crippen LogP contribution in [0.2, 0.25) is 0 Å². The maximum absolute atomic E-state index is 12.5. The summed E-state index contributed by atoms with van der Waals surface area (Å²) < 4.78 is 12.6. The third-order valence-electron chi connectivity index (χ3n) is 4.34. The van der Waals surface area contributed by atoms with Crippen molar-refractivity contribution >= 4 is 17.5 Å². The molecule has 0 unspecified atom stereocenters. The van der Waals surface area contributed by atoms with Gasteiger partial charge < -0.3 is 14.0 Å². The fraction of sp³-hybridized carbons (Fsp3) is 0.238. The predicted molar refractivity (Wildman–Crippen MR) is 110 cm³/mol. The van der Waals surface area contributed by atoms with Gasteiger partial charge in [0.2, 0.25) is 0 Å². The van der Waals surface area contributed by atoms with Crippen LogP contribution in [-0.2, 0) is 6.54 Å². The van der Waals surface area contributed by atoms with E-state index in [0.717, 1.165) is 5.56 Å². The van der Waals surface area contributed by atoms with E-state index in [1.807, 2.05) is 35.8 Å². The Hall–Kier alpha value is -3.31. The number of carbonyl (C=O) groups excluding carboxylic acids is 1. The molecule has 0 atom stereocenters. The van der Waals surface area contributed by atoms with E-state index in [0.29, 0.717) is 40.2 Å². The molecule has 0 aliphatic heterocycles. The molecule has 0 spiro atoms. The van der Waals surface area contributed by atoms with Gasteiger partial charge in [0, 0.05) is 17.7 Å². The van der Waals surface area contributed by atoms with E-state index in [2.05, 4.69) is 10.2 Å². The lowest BCUT2D eigenvalue weighted by Gasteiger charge is -2.11. The number of nitrogens with zero attached hydrogens (tertiary/aromatic N) is 4. The average Bonchev–Trinajstić information content (AvgIpc) is 3.19. The molecule has 3 aromatic rings. The molecule has 0 saturated carbocycles. The Labute approximate surface area is 173 Å². The standard InChI is InChI=1S/C21H20N4O3S/c1-4-25-20(16-9-10-18(27-2)19(11-16)28-3)23-24-21(25)29-13-17(26)15-7-5-14(12-22)6-8-15/h5-11H,4,13H2,1-3H3. The lowest BCUT2D eigenvalue weighted by atomic mass is 10.1. The van der Waals surface area contributed by atoms with Crippen molar-refractivity contribution in [2.75, 3.05) is 20.0 Å². The van der Waals surface area contributed by atoms with Crippen LogP contribution in [0.1, 0.15) is 22.8 Å². The molecular formula is C21H20N4O3S. The van der Waals surface area contributed by atoms with Crippen LogP contribution in [0.15, 0.2) is 47.6 Å². The van der Waals surface area contributed by atoms with Gasteiger partial charge in [-0.15, -0.1) is 10.2 Å². The summed E-state index contributed by atoms with van der Waals surface area (Å²) in [5.41, 5.74) is 1.95. The number of hydrogen-bond donors (Lipinski definition) is 0. The number of methoxy groups -OCH3 is 2. The number of carbonyl (C=O) groups is 1. The molecule has 0 N–H and O–H groups in total. The highest BCUT2D eigenvalue weighted by Crippen LogP contribution is 2.33. The van der Waals surface area contributed by atoms with Gasteiger partial charge in [-0.1, -0.05) is 23.9 Å². The van der Waals surface area contributed by atoms with Crippen molar-refractivity contribution in [2.45, 2.75) is 18.6 Å². The number of rotatable bonds is 8. The SMILES string of the molecule is CCn1c(SCC(=O)c2ccc(C#N)cc2)nnc1-c1ccc(OC)c(OC)c1. The molecule has 0 amide bonds. The summed E-state index contributed by atoms with van der Waals surface area (Å²) in [6.07, 6.45) is 0. The normalized spacial score (nSPS) is 10.4. The van der Waals surface area contributed by atoms with E-state index in [4.69, 9.17) is 14.7 Å². The fourth-order valence-corrected chi connectivity index (χ4v) is 3.71. The number of benzene rings is 2. The van der Waals surface area contributed by atoms with Crippen molar-refractivity contribution in [1.82, 2.24) is 14.8 Å². The average molecular weight is 408 g/mol. The minimum Gasteiger partial charge on any atom is -0.493 e. The number of Topliss-reactive ketones (excluding diaryl/α,β-unsaturated/α-hetero) is 1. The lowest BCUT2D eigenvalue weighted by molar-refractivity contribution is 0.102. The second kappa shape index (κ2) is 9.26. The van der Waals surface area contributed by atoms with Gasteiger partial charge in [0.1, 0.15) is 0 Å². The monoisotopic (exact) mass is 408 g/mol. The van der Waals surface area contributed by atoms with Gasteiger partial charge in [0.25, 0.3) is 0 Å². The summed E-state index contributed by atoms with van der Waals surface area (Å²) in [4.78, 5) is 12.5. The van der Waals surface area contributed by atoms with E-state index in [-0.39, 0.29) is 11.5 Å². The Morgan fingerprint density at radius 1 is 1.10 bits per heavy atom. The van der Waals surface area contributed by atoms with Gasteiger partial charge in [-0.05, 0) is 37.3 Å². The van der Waals surface area contributed by atoms with Crippen LogP contribution >= 0.6 is 11.8 Å². The molecule has 1 aromatic heterocycles. The Morgan fingerprint density at radius 2 is 1.83 bits per heavy atom. The van der Waals surface area contributed by atoms with Crippen LogP contribution in [0.3, 0.4) is 0 Å². The van der Waals surface area contributed by atoms with Crippen LogP contribution in [0, 0.1) is 11.3 Å². The minimum absolute atomic E-state index is 0.0298. The van der Waals surface area contributed by atoms with E-state index in [1.54, 1.807) is 38.5 Å². The number of aromatic nitrogens is 3. The summed E-state index contributed by atoms with van der Waals surface area (Å²) in [6.45, 7) is 2.66. The summed E-state index contributed by atoms with van der Waals surface area (Å²) in [6, 6.07) is 14.2. The molecule has 1 heterocycles. The predicted octanol–water partition coefficient (Wildman–Crippen LogP) is 3.83. The quantitative estimate of drug-likeness (QED) is 0.413. The molecule has 0 bridgehead atoms. The molecule has 0 aliphatic carbocycles. The number of hydrogen-bond acceptors (Lipinski definition) is 7. The summed E-state index contributed by atoms with van der Waals surface area (Å²) in [5, 5.41) is 18.1. The smallest absolute Gasteiger partial charge is 0.191 e. The first-order valence-corrected chi connectivity index (χ1v) is 9.91. The molecule has 8 heteroatoms. The molecule has 0 radical (unpaired) electrons. The second-order valence-corrected chi connectivity index (χ2v) is 6.96. The third kappa shape index (κ3) is 4.41. The Morgan fingerprint density at radius 3 is 2.45 bits per heavy atom. The first-order valence-electron chi connectivity index (χ1n) is 8.93. The molecule has 0 saturated heterocycles. The van der Waals surface area contributed by atoms with Crippen LogP contribution in [0.5, 0.6) is 11.5 Å². The molecule has 2 aromatic carbocycles. The largest absolute Gasteiger partial charge is 0.493 e. The van der Waals surface area contributed by atoms with Crippen molar-refractivity contribution in [2.24, 2.45) is 0 Å². The fourth-order valence-electron chi connectivity index (χ4n) is 2.81. The maximum atomic E-state index is 12.5. The van der Waals surface area contributed by atoms with E-state index >= 15 is 0 Å². The van der Waals surface area contributed by atoms with Crippen molar-refractivity contribution < 1.29 is 14.3 Å². The van der Waals surface area contributed by atoms with Crippen LogP contribution in [0.4, 0.5) is 0 Å². The maximum Gasteiger partial charge on any atom is 0.191 e. The van der Waals surface area contributed by atoms with E-state index in [1.165, 1.54) is 11.8 Å². The minimum atomic E-state index is -0.0298. The first kappa shape index (κ1) is 20.4. The number of nitriles is 1. The molecule has 0 aliphatic rings. The highest BCUT2D eigenvalue weighted by molar-refractivity contribution is 7.99. The van der Waals surface area contributed by atoms with Crippen LogP contribution < -0.4 is 9.47 Å². The molecule has 148 valence electrons. The van der Waals surface area contributed by atoms with Gasteiger partial charge in [0.15, 0.2) is 28.3 Å². The summed E-state index contributed by atoms with van der Waals surface area (Å²) in [5.74, 6) is 2.15. The van der Waals surface area contributed by atoms with Crippen molar-refractivity contribution in [3.05, 3.63) is 53.6 Å². The second-order valence-electron chi connectivity index (χ2n) is 6.02. The van der Waals surface area contributed by atoms with Crippen LogP contribution in [0.25, 0.3) is 11.4 Å². The Kier molecular flexibility index (Phi) is 6.52. The Balaban J connectivity index is 1.79. The lowest BCUT2D eigenvalue weighted by Crippen LogP contribution is -2.05. The van der Waals surface area contributed by atoms with Crippen LogP contribution in [-0.4, -0.2) is 40.5 Å². The van der Waals surface area contributed by atoms with Crippen molar-refractivity contribution in [1.29, 1.82) is 5.26 Å². The molecule has 3 rings (SSSR count). The third-order valence-corrected chi connectivity index (χ3v) is 5.31. The van der Waals surface area contributed by atoms with Gasteiger partial charge in [-0.3, -0.25) is 4.79 Å². The first-order chi connectivity index (χ1) is 14.1. The molecule has 0 fully saturated rings. The van der Waals surface area contributed by atoms with Gasteiger partial charge in [-0.2, -0.15) is 5.26 Å². The summed E-state index contributed by atoms with van der Waals surface area (Å²) >= 11 is 1.34. The zero-order chi connectivity index (χ0) is 20.8. The van der Waals surface area contributed by atoms with E-state index < -0.39 is 0 Å². The number of thioether (sulfide) groups is 1. The Bertz CT molecular complexity index is 1050. The summed E-state index contributed by atoms with van der Waals surface area (Å²) in [7, 11) is 3.17. The van der Waals surface area contributed by atoms with Gasteiger partial charge in [0.05, 0.1) is 31.6 Å². The van der Waals surface area contributed by atoms with Gasteiger partial charge in [-0.25, -0.2) is 0 Å². The highest BCUT2D eigenvalue weighted by atomic mass is 32.2.